The Labute approximate surface area is 240 Å². The van der Waals surface area contributed by atoms with Crippen molar-refractivity contribution >= 4 is 24.1 Å². The summed E-state index contributed by atoms with van der Waals surface area (Å²) in [6.07, 6.45) is 3.74. The van der Waals surface area contributed by atoms with Crippen molar-refractivity contribution < 1.29 is 28.5 Å². The van der Waals surface area contributed by atoms with Crippen molar-refractivity contribution in [3.8, 4) is 23.0 Å². The summed E-state index contributed by atoms with van der Waals surface area (Å²) in [5.74, 6) is 0.326. The molecule has 0 aromatic heterocycles. The molecule has 0 saturated heterocycles. The van der Waals surface area contributed by atoms with E-state index < -0.39 is 11.9 Å². The Morgan fingerprint density at radius 1 is 0.600 bits per heavy atom. The zero-order chi connectivity index (χ0) is 30.8. The Morgan fingerprint density at radius 2 is 0.925 bits per heavy atom. The van der Waals surface area contributed by atoms with Crippen LogP contribution in [0, 0.1) is 0 Å². The number of ether oxygens (including phenoxy) is 4. The van der Waals surface area contributed by atoms with E-state index in [0.29, 0.717) is 23.0 Å². The summed E-state index contributed by atoms with van der Waals surface area (Å²) in [4.78, 5) is 24.0. The second-order valence-electron chi connectivity index (χ2n) is 8.58. The highest BCUT2D eigenvalue weighted by atomic mass is 16.6. The standard InChI is InChI=1S/C30H32O6.2C2H6/c1-19(2)17-33-27-15-23(11-13-25(27)35-29(31)21(5)6)9-10-24-12-14-26(36-30(32)22(7)8)28(16-24)34-18-20(3)4;2*1-2/h9-16H,1,3,5,7,17-18H2,2,4,6,8H3;2*1-2H3/b10-9+;;. The van der Waals surface area contributed by atoms with Crippen LogP contribution in [0.4, 0.5) is 0 Å². The molecule has 0 aliphatic rings. The third kappa shape index (κ3) is 13.0. The second-order valence-corrected chi connectivity index (χ2v) is 8.58. The largest absolute Gasteiger partial charge is 0.485 e. The van der Waals surface area contributed by atoms with Gasteiger partial charge in [-0.25, -0.2) is 9.59 Å². The van der Waals surface area contributed by atoms with Crippen LogP contribution < -0.4 is 18.9 Å². The SMILES string of the molecule is C=C(C)COc1cc(/C=C/c2ccc(OC(=O)C(=C)C)c(OCC(=C)C)c2)ccc1OC(=O)C(=C)C.CC.CC. The third-order valence-corrected chi connectivity index (χ3v) is 4.45. The lowest BCUT2D eigenvalue weighted by Crippen LogP contribution is -2.10. The molecule has 2 rings (SSSR count). The van der Waals surface area contributed by atoms with Crippen LogP contribution in [0.15, 0.2) is 85.0 Å². The van der Waals surface area contributed by atoms with Gasteiger partial charge in [-0.05, 0) is 74.2 Å². The molecule has 216 valence electrons. The van der Waals surface area contributed by atoms with E-state index in [1.54, 1.807) is 50.2 Å². The average molecular weight is 549 g/mol. The zero-order valence-corrected chi connectivity index (χ0v) is 25.3. The van der Waals surface area contributed by atoms with Crippen molar-refractivity contribution in [3.05, 3.63) is 96.1 Å². The van der Waals surface area contributed by atoms with Crippen LogP contribution in [0.5, 0.6) is 23.0 Å². The molecule has 2 aromatic rings. The van der Waals surface area contributed by atoms with E-state index in [4.69, 9.17) is 18.9 Å². The van der Waals surface area contributed by atoms with Gasteiger partial charge in [0.2, 0.25) is 0 Å². The van der Waals surface area contributed by atoms with Crippen LogP contribution in [0.25, 0.3) is 12.2 Å². The maximum absolute atomic E-state index is 12.0. The highest BCUT2D eigenvalue weighted by molar-refractivity contribution is 5.90. The molecule has 0 unspecified atom stereocenters. The first-order chi connectivity index (χ1) is 19.0. The molecular formula is C34H44O6. The summed E-state index contributed by atoms with van der Waals surface area (Å²) in [5, 5.41) is 0. The van der Waals surface area contributed by atoms with Gasteiger partial charge in [0.1, 0.15) is 13.2 Å². The molecule has 0 radical (unpaired) electrons. The van der Waals surface area contributed by atoms with Gasteiger partial charge in [-0.15, -0.1) is 0 Å². The van der Waals surface area contributed by atoms with Crippen molar-refractivity contribution in [2.75, 3.05) is 13.2 Å². The summed E-state index contributed by atoms with van der Waals surface area (Å²) in [5.41, 5.74) is 3.83. The first-order valence-corrected chi connectivity index (χ1v) is 13.2. The second kappa shape index (κ2) is 18.9. The Balaban J connectivity index is 0.00000363. The molecule has 0 aliphatic carbocycles. The minimum atomic E-state index is -0.534. The van der Waals surface area contributed by atoms with E-state index in [0.717, 1.165) is 22.3 Å². The molecule has 0 amide bonds. The molecule has 0 bridgehead atoms. The molecule has 6 heteroatoms. The van der Waals surface area contributed by atoms with E-state index in [1.165, 1.54) is 0 Å². The van der Waals surface area contributed by atoms with Gasteiger partial charge in [0, 0.05) is 11.1 Å². The molecule has 6 nitrogen and oxygen atoms in total. The minimum Gasteiger partial charge on any atom is -0.485 e. The number of carbonyl (C=O) groups excluding carboxylic acids is 2. The molecule has 0 spiro atoms. The Bertz CT molecular complexity index is 1140. The van der Waals surface area contributed by atoms with Crippen LogP contribution in [-0.4, -0.2) is 25.2 Å². The summed E-state index contributed by atoms with van der Waals surface area (Å²) < 4.78 is 22.4. The lowest BCUT2D eigenvalue weighted by atomic mass is 10.1. The maximum atomic E-state index is 12.0. The smallest absolute Gasteiger partial charge is 0.338 e. The molecule has 0 N–H and O–H groups in total. The predicted molar refractivity (Wildman–Crippen MR) is 166 cm³/mol. The third-order valence-electron chi connectivity index (χ3n) is 4.45. The number of carbonyl (C=O) groups is 2. The van der Waals surface area contributed by atoms with Crippen LogP contribution in [-0.2, 0) is 9.59 Å². The topological polar surface area (TPSA) is 71.1 Å². The van der Waals surface area contributed by atoms with Gasteiger partial charge in [-0.1, -0.05) is 78.3 Å². The fraction of sp³-hybridized carbons (Fsp3) is 0.294. The number of hydrogen-bond donors (Lipinski definition) is 0. The molecule has 0 aliphatic heterocycles. The summed E-state index contributed by atoms with van der Waals surface area (Å²) in [6.45, 7) is 30.3. The van der Waals surface area contributed by atoms with Crippen LogP contribution in [0.3, 0.4) is 0 Å². The maximum Gasteiger partial charge on any atom is 0.338 e. The van der Waals surface area contributed by atoms with Gasteiger partial charge in [-0.3, -0.25) is 0 Å². The monoisotopic (exact) mass is 548 g/mol. The van der Waals surface area contributed by atoms with Gasteiger partial charge >= 0.3 is 11.9 Å². The fourth-order valence-electron chi connectivity index (χ4n) is 2.62. The van der Waals surface area contributed by atoms with E-state index in [2.05, 4.69) is 26.3 Å². The number of benzene rings is 2. The lowest BCUT2D eigenvalue weighted by Gasteiger charge is -2.13. The van der Waals surface area contributed by atoms with Crippen LogP contribution in [0.2, 0.25) is 0 Å². The van der Waals surface area contributed by atoms with Gasteiger partial charge in [0.25, 0.3) is 0 Å². The average Bonchev–Trinajstić information content (AvgIpc) is 2.93. The van der Waals surface area contributed by atoms with Crippen molar-refractivity contribution in [2.45, 2.75) is 55.4 Å². The number of rotatable bonds is 12. The molecular weight excluding hydrogens is 504 g/mol. The molecule has 2 aromatic carbocycles. The first kappa shape index (κ1) is 35.7. The van der Waals surface area contributed by atoms with Crippen molar-refractivity contribution in [3.63, 3.8) is 0 Å². The number of hydrogen-bond acceptors (Lipinski definition) is 6. The summed E-state index contributed by atoms with van der Waals surface area (Å²) in [7, 11) is 0. The van der Waals surface area contributed by atoms with Gasteiger partial charge < -0.3 is 18.9 Å². The fourth-order valence-corrected chi connectivity index (χ4v) is 2.62. The van der Waals surface area contributed by atoms with E-state index in [1.807, 2.05) is 53.7 Å². The summed E-state index contributed by atoms with van der Waals surface area (Å²) in [6, 6.07) is 10.5. The Kier molecular flexibility index (Phi) is 16.8. The Morgan fingerprint density at radius 3 is 1.20 bits per heavy atom. The van der Waals surface area contributed by atoms with Crippen LogP contribution in [0.1, 0.15) is 66.5 Å². The highest BCUT2D eigenvalue weighted by Crippen LogP contribution is 2.32. The van der Waals surface area contributed by atoms with Crippen molar-refractivity contribution in [1.29, 1.82) is 0 Å². The van der Waals surface area contributed by atoms with Gasteiger partial charge in [-0.2, -0.15) is 0 Å². The lowest BCUT2D eigenvalue weighted by molar-refractivity contribution is -0.131. The number of esters is 2. The summed E-state index contributed by atoms with van der Waals surface area (Å²) >= 11 is 0. The molecule has 40 heavy (non-hydrogen) atoms. The van der Waals surface area contributed by atoms with E-state index in [-0.39, 0.29) is 24.4 Å². The minimum absolute atomic E-state index is 0.276. The highest BCUT2D eigenvalue weighted by Gasteiger charge is 2.13. The molecule has 0 fully saturated rings. The van der Waals surface area contributed by atoms with Crippen molar-refractivity contribution in [1.82, 2.24) is 0 Å². The Hall–Kier alpha value is -4.32. The van der Waals surface area contributed by atoms with Gasteiger partial charge in [0.05, 0.1) is 0 Å². The normalized spacial score (nSPS) is 9.70. The zero-order valence-electron chi connectivity index (χ0n) is 25.3. The molecule has 0 saturated carbocycles. The molecule has 0 atom stereocenters. The quantitative estimate of drug-likeness (QED) is 0.0868. The predicted octanol–water partition coefficient (Wildman–Crippen LogP) is 8.78. The van der Waals surface area contributed by atoms with E-state index in [9.17, 15) is 9.59 Å². The van der Waals surface area contributed by atoms with Crippen molar-refractivity contribution in [2.24, 2.45) is 0 Å². The van der Waals surface area contributed by atoms with E-state index >= 15 is 0 Å². The first-order valence-electron chi connectivity index (χ1n) is 13.2. The molecule has 0 heterocycles. The van der Waals surface area contributed by atoms with Crippen LogP contribution >= 0.6 is 0 Å². The van der Waals surface area contributed by atoms with Gasteiger partial charge in [0.15, 0.2) is 23.0 Å².